The van der Waals surface area contributed by atoms with Crippen molar-refractivity contribution in [2.24, 2.45) is 17.9 Å². The molecule has 1 rings (SSSR count). The summed E-state index contributed by atoms with van der Waals surface area (Å²) in [5, 5.41) is 16.2. The minimum absolute atomic E-state index is 0.0901. The monoisotopic (exact) mass is 254 g/mol. The predicted molar refractivity (Wildman–Crippen MR) is 72.3 cm³/mol. The average Bonchev–Trinajstić information content (AvgIpc) is 2.60. The van der Waals surface area contributed by atoms with Gasteiger partial charge in [0.2, 0.25) is 0 Å². The van der Waals surface area contributed by atoms with Crippen molar-refractivity contribution in [3.8, 4) is 0 Å². The molecule has 1 aromatic rings. The number of likely N-dealkylation sites (N-methyl/N-ethyl adjacent to an activating group) is 2. The molecule has 1 aromatic heterocycles. The molecule has 0 aliphatic carbocycles. The van der Waals surface area contributed by atoms with Crippen molar-refractivity contribution in [2.75, 3.05) is 39.1 Å². The van der Waals surface area contributed by atoms with E-state index in [9.17, 15) is 0 Å². The lowest BCUT2D eigenvalue weighted by Crippen LogP contribution is -2.31. The Morgan fingerprint density at radius 1 is 1.39 bits per heavy atom. The van der Waals surface area contributed by atoms with E-state index < -0.39 is 0 Å². The topological polar surface area (TPSA) is 82.9 Å². The molecule has 3 N–H and O–H groups in total. The Bertz CT molecular complexity index is 437. The van der Waals surface area contributed by atoms with E-state index in [2.05, 4.69) is 15.2 Å². The van der Waals surface area contributed by atoms with Crippen LogP contribution < -0.4 is 10.6 Å². The molecule has 0 radical (unpaired) electrons. The SMILES string of the molecule is Cc1nn(C)c(N(C)CCN(C)C)c1C(N)=NO. The lowest BCUT2D eigenvalue weighted by atomic mass is 10.2. The van der Waals surface area contributed by atoms with Crippen molar-refractivity contribution in [3.63, 3.8) is 0 Å². The summed E-state index contributed by atoms with van der Waals surface area (Å²) >= 11 is 0. The fraction of sp³-hybridized carbons (Fsp3) is 0.636. The summed E-state index contributed by atoms with van der Waals surface area (Å²) in [6, 6.07) is 0. The summed E-state index contributed by atoms with van der Waals surface area (Å²) < 4.78 is 1.75. The molecule has 0 saturated heterocycles. The van der Waals surface area contributed by atoms with Crippen molar-refractivity contribution in [3.05, 3.63) is 11.3 Å². The molecule has 0 amide bonds. The van der Waals surface area contributed by atoms with Crippen LogP contribution in [0.5, 0.6) is 0 Å². The van der Waals surface area contributed by atoms with Crippen molar-refractivity contribution in [1.82, 2.24) is 14.7 Å². The lowest BCUT2D eigenvalue weighted by Gasteiger charge is -2.22. The summed E-state index contributed by atoms with van der Waals surface area (Å²) in [4.78, 5) is 4.15. The number of nitrogens with two attached hydrogens (primary N) is 1. The van der Waals surface area contributed by atoms with Crippen LogP contribution in [0.25, 0.3) is 0 Å². The van der Waals surface area contributed by atoms with Crippen LogP contribution in [0, 0.1) is 6.92 Å². The summed E-state index contributed by atoms with van der Waals surface area (Å²) in [7, 11) is 7.86. The molecule has 0 fully saturated rings. The highest BCUT2D eigenvalue weighted by molar-refractivity contribution is 6.02. The van der Waals surface area contributed by atoms with Gasteiger partial charge in [-0.3, -0.25) is 4.68 Å². The van der Waals surface area contributed by atoms with Gasteiger partial charge >= 0.3 is 0 Å². The number of aromatic nitrogens is 2. The van der Waals surface area contributed by atoms with Crippen LogP contribution in [-0.4, -0.2) is 60.0 Å². The number of oxime groups is 1. The zero-order valence-corrected chi connectivity index (χ0v) is 11.7. The third-order valence-electron chi connectivity index (χ3n) is 2.80. The third-order valence-corrected chi connectivity index (χ3v) is 2.80. The molecule has 1 heterocycles. The zero-order valence-electron chi connectivity index (χ0n) is 11.7. The molecule has 7 heteroatoms. The molecule has 0 saturated carbocycles. The van der Waals surface area contributed by atoms with Gasteiger partial charge in [-0.05, 0) is 21.0 Å². The molecule has 0 aromatic carbocycles. The number of anilines is 1. The molecule has 0 atom stereocenters. The molecule has 0 spiro atoms. The maximum atomic E-state index is 8.85. The largest absolute Gasteiger partial charge is 0.409 e. The van der Waals surface area contributed by atoms with Crippen LogP contribution >= 0.6 is 0 Å². The molecule has 0 bridgehead atoms. The van der Waals surface area contributed by atoms with Gasteiger partial charge in [-0.15, -0.1) is 0 Å². The Hall–Kier alpha value is -1.76. The minimum atomic E-state index is 0.0901. The highest BCUT2D eigenvalue weighted by Crippen LogP contribution is 2.21. The molecular weight excluding hydrogens is 232 g/mol. The van der Waals surface area contributed by atoms with Gasteiger partial charge in [-0.25, -0.2) is 0 Å². The number of hydrogen-bond donors (Lipinski definition) is 2. The quantitative estimate of drug-likeness (QED) is 0.330. The Morgan fingerprint density at radius 3 is 2.50 bits per heavy atom. The number of hydrogen-bond acceptors (Lipinski definition) is 5. The minimum Gasteiger partial charge on any atom is -0.409 e. The maximum Gasteiger partial charge on any atom is 0.175 e. The van der Waals surface area contributed by atoms with E-state index in [-0.39, 0.29) is 5.84 Å². The van der Waals surface area contributed by atoms with Gasteiger partial charge < -0.3 is 20.7 Å². The molecule has 102 valence electrons. The third kappa shape index (κ3) is 2.92. The Morgan fingerprint density at radius 2 is 2.00 bits per heavy atom. The highest BCUT2D eigenvalue weighted by Gasteiger charge is 2.20. The smallest absolute Gasteiger partial charge is 0.175 e. The van der Waals surface area contributed by atoms with Gasteiger partial charge in [-0.1, -0.05) is 5.16 Å². The van der Waals surface area contributed by atoms with E-state index in [4.69, 9.17) is 10.9 Å². The number of rotatable bonds is 5. The predicted octanol–water partition coefficient (Wildman–Crippen LogP) is -0.179. The number of aryl methyl sites for hydroxylation is 2. The maximum absolute atomic E-state index is 8.85. The Balaban J connectivity index is 3.07. The summed E-state index contributed by atoms with van der Waals surface area (Å²) in [6.45, 7) is 3.59. The van der Waals surface area contributed by atoms with E-state index in [0.29, 0.717) is 5.56 Å². The average molecular weight is 254 g/mol. The summed E-state index contributed by atoms with van der Waals surface area (Å²) in [5.74, 6) is 0.942. The summed E-state index contributed by atoms with van der Waals surface area (Å²) in [5.41, 5.74) is 7.14. The fourth-order valence-corrected chi connectivity index (χ4v) is 1.89. The van der Waals surface area contributed by atoms with E-state index in [1.165, 1.54) is 0 Å². The number of amidine groups is 1. The second-order valence-corrected chi connectivity index (χ2v) is 4.62. The van der Waals surface area contributed by atoms with Crippen LogP contribution in [0.1, 0.15) is 11.3 Å². The zero-order chi connectivity index (χ0) is 13.9. The van der Waals surface area contributed by atoms with E-state index >= 15 is 0 Å². The van der Waals surface area contributed by atoms with Gasteiger partial charge in [0.1, 0.15) is 5.82 Å². The second kappa shape index (κ2) is 5.72. The van der Waals surface area contributed by atoms with Crippen molar-refractivity contribution < 1.29 is 5.21 Å². The van der Waals surface area contributed by atoms with Gasteiger partial charge in [0.15, 0.2) is 5.84 Å². The summed E-state index contributed by atoms with van der Waals surface area (Å²) in [6.07, 6.45) is 0. The number of nitrogens with zero attached hydrogens (tertiary/aromatic N) is 5. The molecule has 0 aliphatic heterocycles. The van der Waals surface area contributed by atoms with Gasteiger partial charge in [-0.2, -0.15) is 5.10 Å². The first-order valence-corrected chi connectivity index (χ1v) is 5.75. The van der Waals surface area contributed by atoms with Crippen LogP contribution in [0.2, 0.25) is 0 Å². The molecule has 7 nitrogen and oxygen atoms in total. The van der Waals surface area contributed by atoms with Crippen LogP contribution in [0.4, 0.5) is 5.82 Å². The molecule has 18 heavy (non-hydrogen) atoms. The van der Waals surface area contributed by atoms with Crippen molar-refractivity contribution >= 4 is 11.7 Å². The Kier molecular flexibility index (Phi) is 4.55. The van der Waals surface area contributed by atoms with E-state index in [1.54, 1.807) is 4.68 Å². The second-order valence-electron chi connectivity index (χ2n) is 4.62. The van der Waals surface area contributed by atoms with Crippen molar-refractivity contribution in [2.45, 2.75) is 6.92 Å². The highest BCUT2D eigenvalue weighted by atomic mass is 16.4. The molecule has 0 unspecified atom stereocenters. The van der Waals surface area contributed by atoms with Crippen molar-refractivity contribution in [1.29, 1.82) is 0 Å². The molecule has 0 aliphatic rings. The first-order chi connectivity index (χ1) is 8.38. The van der Waals surface area contributed by atoms with Gasteiger partial charge in [0.25, 0.3) is 0 Å². The van der Waals surface area contributed by atoms with Crippen LogP contribution in [-0.2, 0) is 7.05 Å². The first kappa shape index (κ1) is 14.3. The van der Waals surface area contributed by atoms with Crippen LogP contribution in [0.3, 0.4) is 0 Å². The van der Waals surface area contributed by atoms with Crippen LogP contribution in [0.15, 0.2) is 5.16 Å². The van der Waals surface area contributed by atoms with Gasteiger partial charge in [0.05, 0.1) is 11.3 Å². The fourth-order valence-electron chi connectivity index (χ4n) is 1.89. The molecular formula is C11H22N6O. The van der Waals surface area contributed by atoms with Gasteiger partial charge in [0, 0.05) is 27.2 Å². The van der Waals surface area contributed by atoms with E-state index in [0.717, 1.165) is 24.6 Å². The first-order valence-electron chi connectivity index (χ1n) is 5.75. The van der Waals surface area contributed by atoms with E-state index in [1.807, 2.05) is 40.0 Å². The normalized spacial score (nSPS) is 12.2. The Labute approximate surface area is 107 Å². The standard InChI is InChI=1S/C11H22N6O/c1-8-9(10(12)14-18)11(17(5)13-8)16(4)7-6-15(2)3/h18H,6-7H2,1-5H3,(H2,12,14). The lowest BCUT2D eigenvalue weighted by molar-refractivity contribution is 0.318.